The van der Waals surface area contributed by atoms with E-state index in [9.17, 15) is 9.90 Å². The zero-order valence-corrected chi connectivity index (χ0v) is 10.6. The Morgan fingerprint density at radius 1 is 1.40 bits per heavy atom. The van der Waals surface area contributed by atoms with E-state index in [4.69, 9.17) is 4.74 Å². The van der Waals surface area contributed by atoms with Crippen LogP contribution in [0.3, 0.4) is 0 Å². The van der Waals surface area contributed by atoms with E-state index in [2.05, 4.69) is 4.99 Å². The minimum atomic E-state index is -0.912. The van der Waals surface area contributed by atoms with E-state index in [-0.39, 0.29) is 6.61 Å². The van der Waals surface area contributed by atoms with Crippen LogP contribution in [0.4, 0.5) is 5.69 Å². The van der Waals surface area contributed by atoms with Gasteiger partial charge in [0.25, 0.3) is 0 Å². The molecule has 1 atom stereocenters. The number of ether oxygens (including phenoxy) is 1. The molecule has 1 N–H and O–H groups in total. The second-order valence-electron chi connectivity index (χ2n) is 5.10. The Kier molecular flexibility index (Phi) is 2.10. The first kappa shape index (κ1) is 11.3. The van der Waals surface area contributed by atoms with Crippen LogP contribution < -0.4 is 0 Å². The van der Waals surface area contributed by atoms with E-state index in [0.29, 0.717) is 17.8 Å². The van der Waals surface area contributed by atoms with Gasteiger partial charge in [-0.3, -0.25) is 4.99 Å². The summed E-state index contributed by atoms with van der Waals surface area (Å²) < 4.78 is 5.27. The van der Waals surface area contributed by atoms with E-state index >= 15 is 0 Å². The minimum Gasteiger partial charge on any atom is -0.493 e. The number of fused-ring (bicyclic) bond motifs is 3. The van der Waals surface area contributed by atoms with Gasteiger partial charge in [0.2, 0.25) is 0 Å². The van der Waals surface area contributed by atoms with Gasteiger partial charge in [-0.15, -0.1) is 0 Å². The Bertz CT molecular complexity index is 705. The molecule has 0 aromatic heterocycles. The summed E-state index contributed by atoms with van der Waals surface area (Å²) in [6.07, 6.45) is 5.14. The first-order chi connectivity index (χ1) is 9.72. The first-order valence-corrected chi connectivity index (χ1v) is 6.39. The lowest BCUT2D eigenvalue weighted by Crippen LogP contribution is -2.35. The quantitative estimate of drug-likeness (QED) is 0.843. The van der Waals surface area contributed by atoms with Gasteiger partial charge >= 0.3 is 5.97 Å². The van der Waals surface area contributed by atoms with Crippen LogP contribution in [0.15, 0.2) is 53.0 Å². The van der Waals surface area contributed by atoms with Gasteiger partial charge in [-0.05, 0) is 11.6 Å². The van der Waals surface area contributed by atoms with E-state index in [0.717, 1.165) is 11.3 Å². The summed E-state index contributed by atoms with van der Waals surface area (Å²) in [5.41, 5.74) is 2.21. The lowest BCUT2D eigenvalue weighted by atomic mass is 9.77. The number of hydrogen-bond donors (Lipinski definition) is 1. The van der Waals surface area contributed by atoms with Crippen LogP contribution in [0, 0.1) is 0 Å². The number of aliphatic carboxylic acids is 1. The molecule has 4 rings (SSSR count). The number of nitrogens with zero attached hydrogens (tertiary/aromatic N) is 2. The van der Waals surface area contributed by atoms with Crippen molar-refractivity contribution < 1.29 is 14.6 Å². The second-order valence-corrected chi connectivity index (χ2v) is 5.10. The van der Waals surface area contributed by atoms with Gasteiger partial charge in [0.05, 0.1) is 28.6 Å². The largest absolute Gasteiger partial charge is 0.493 e. The van der Waals surface area contributed by atoms with Crippen molar-refractivity contribution in [2.45, 2.75) is 5.41 Å². The van der Waals surface area contributed by atoms with Crippen molar-refractivity contribution in [3.05, 3.63) is 53.6 Å². The fraction of sp³-hybridized carbons (Fsp3) is 0.200. The summed E-state index contributed by atoms with van der Waals surface area (Å²) in [7, 11) is 0. The van der Waals surface area contributed by atoms with Gasteiger partial charge in [0.1, 0.15) is 6.61 Å². The van der Waals surface area contributed by atoms with Gasteiger partial charge in [-0.1, -0.05) is 18.2 Å². The summed E-state index contributed by atoms with van der Waals surface area (Å²) in [5.74, 6) is -0.912. The van der Waals surface area contributed by atoms with Crippen LogP contribution >= 0.6 is 0 Å². The van der Waals surface area contributed by atoms with Crippen LogP contribution in [0.2, 0.25) is 0 Å². The van der Waals surface area contributed by atoms with Crippen LogP contribution in [0.5, 0.6) is 0 Å². The average molecular weight is 268 g/mol. The molecule has 20 heavy (non-hydrogen) atoms. The van der Waals surface area contributed by atoms with E-state index in [1.807, 2.05) is 29.2 Å². The molecule has 0 radical (unpaired) electrons. The van der Waals surface area contributed by atoms with Gasteiger partial charge in [0, 0.05) is 19.0 Å². The molecule has 5 heteroatoms. The molecule has 100 valence electrons. The third-order valence-electron chi connectivity index (χ3n) is 4.08. The third-order valence-corrected chi connectivity index (χ3v) is 4.08. The highest BCUT2D eigenvalue weighted by Crippen LogP contribution is 2.48. The number of carboxylic acid groups (broad SMARTS) is 1. The maximum Gasteiger partial charge on any atom is 0.334 e. The molecule has 0 bridgehead atoms. The zero-order valence-electron chi connectivity index (χ0n) is 10.6. The topological polar surface area (TPSA) is 62.1 Å². The normalized spacial score (nSPS) is 25.9. The Labute approximate surface area is 115 Å². The molecule has 1 aromatic rings. The van der Waals surface area contributed by atoms with Crippen molar-refractivity contribution >= 4 is 17.9 Å². The van der Waals surface area contributed by atoms with Crippen molar-refractivity contribution in [1.29, 1.82) is 0 Å². The molecule has 0 amide bonds. The van der Waals surface area contributed by atoms with Gasteiger partial charge in [-0.2, -0.15) is 0 Å². The summed E-state index contributed by atoms with van der Waals surface area (Å²) in [5, 5.41) is 9.68. The summed E-state index contributed by atoms with van der Waals surface area (Å²) in [4.78, 5) is 18.2. The van der Waals surface area contributed by atoms with Gasteiger partial charge < -0.3 is 14.7 Å². The van der Waals surface area contributed by atoms with Crippen molar-refractivity contribution in [2.75, 3.05) is 13.2 Å². The molecule has 3 aliphatic rings. The van der Waals surface area contributed by atoms with Gasteiger partial charge in [0.15, 0.2) is 0 Å². The fourth-order valence-electron chi connectivity index (χ4n) is 3.24. The summed E-state index contributed by atoms with van der Waals surface area (Å²) in [6, 6.07) is 7.69. The maximum atomic E-state index is 11.8. The first-order valence-electron chi connectivity index (χ1n) is 6.39. The minimum absolute atomic E-state index is 0.288. The van der Waals surface area contributed by atoms with Crippen molar-refractivity contribution in [1.82, 2.24) is 4.90 Å². The number of carbonyl (C=O) groups is 1. The van der Waals surface area contributed by atoms with Gasteiger partial charge in [-0.25, -0.2) is 4.79 Å². The molecule has 3 aliphatic heterocycles. The van der Waals surface area contributed by atoms with E-state index < -0.39 is 11.4 Å². The van der Waals surface area contributed by atoms with Crippen molar-refractivity contribution in [2.24, 2.45) is 4.99 Å². The predicted molar refractivity (Wildman–Crippen MR) is 72.7 cm³/mol. The van der Waals surface area contributed by atoms with E-state index in [1.54, 1.807) is 18.7 Å². The number of hydrogen-bond acceptors (Lipinski definition) is 4. The third kappa shape index (κ3) is 1.27. The highest BCUT2D eigenvalue weighted by Gasteiger charge is 2.51. The molecular formula is C15H12N2O3. The lowest BCUT2D eigenvalue weighted by Gasteiger charge is -2.25. The average Bonchev–Trinajstić information content (AvgIpc) is 2.98. The summed E-state index contributed by atoms with van der Waals surface area (Å²) >= 11 is 0. The SMILES string of the molecule is O=C(O)C1=C2COC=CN2CC12C=Nc1ccccc12. The highest BCUT2D eigenvalue weighted by atomic mass is 16.5. The monoisotopic (exact) mass is 268 g/mol. The number of benzene rings is 1. The Morgan fingerprint density at radius 3 is 3.10 bits per heavy atom. The molecule has 1 unspecified atom stereocenters. The standard InChI is InChI=1S/C15H12N2O3/c18-14(19)13-12-7-20-6-5-17(12)9-15(13)8-16-11-4-2-1-3-10(11)15/h1-6,8H,7,9H2,(H,18,19). The number of aliphatic imine (C=N–C) groups is 1. The number of rotatable bonds is 1. The molecule has 0 fully saturated rings. The Hall–Kier alpha value is -2.56. The number of carboxylic acids is 1. The van der Waals surface area contributed by atoms with Crippen LogP contribution in [0.1, 0.15) is 5.56 Å². The molecular weight excluding hydrogens is 256 g/mol. The zero-order chi connectivity index (χ0) is 13.7. The predicted octanol–water partition coefficient (Wildman–Crippen LogP) is 1.80. The molecule has 0 aliphatic carbocycles. The molecule has 5 nitrogen and oxygen atoms in total. The molecule has 0 saturated carbocycles. The van der Waals surface area contributed by atoms with E-state index in [1.165, 1.54) is 0 Å². The van der Waals surface area contributed by atoms with Crippen LogP contribution in [0.25, 0.3) is 0 Å². The van der Waals surface area contributed by atoms with Crippen molar-refractivity contribution in [3.63, 3.8) is 0 Å². The molecule has 1 spiro atoms. The maximum absolute atomic E-state index is 11.8. The van der Waals surface area contributed by atoms with Crippen molar-refractivity contribution in [3.8, 4) is 0 Å². The summed E-state index contributed by atoms with van der Waals surface area (Å²) in [6.45, 7) is 0.847. The molecule has 3 heterocycles. The number of para-hydroxylation sites is 1. The fourth-order valence-corrected chi connectivity index (χ4v) is 3.24. The Morgan fingerprint density at radius 2 is 2.25 bits per heavy atom. The highest BCUT2D eigenvalue weighted by molar-refractivity contribution is 6.03. The van der Waals surface area contributed by atoms with Crippen LogP contribution in [-0.4, -0.2) is 35.3 Å². The second kappa shape index (κ2) is 3.72. The van der Waals surface area contributed by atoms with Crippen LogP contribution in [-0.2, 0) is 14.9 Å². The Balaban J connectivity index is 1.96. The molecule has 0 saturated heterocycles. The lowest BCUT2D eigenvalue weighted by molar-refractivity contribution is -0.133. The molecule has 1 aromatic carbocycles. The smallest absolute Gasteiger partial charge is 0.334 e.